The quantitative estimate of drug-likeness (QED) is 0.751. The van der Waals surface area contributed by atoms with Gasteiger partial charge in [0, 0.05) is 24.3 Å². The van der Waals surface area contributed by atoms with E-state index in [2.05, 4.69) is 19.2 Å². The Morgan fingerprint density at radius 2 is 2.22 bits per heavy atom. The van der Waals surface area contributed by atoms with Crippen molar-refractivity contribution in [1.82, 2.24) is 4.98 Å². The summed E-state index contributed by atoms with van der Waals surface area (Å²) in [6, 6.07) is 0. The van der Waals surface area contributed by atoms with Crippen molar-refractivity contribution in [2.24, 2.45) is 5.92 Å². The standard InChI is InChI=1S/C14H22ClNOS/c1-3-17-14(7-4-11(2)5-8-14)13-16-12(6-9-15)10-18-13/h10-11H,3-9H2,1-2H3. The molecule has 102 valence electrons. The fraction of sp³-hybridized carbons (Fsp3) is 0.786. The van der Waals surface area contributed by atoms with E-state index in [4.69, 9.17) is 21.3 Å². The van der Waals surface area contributed by atoms with Crippen molar-refractivity contribution in [3.63, 3.8) is 0 Å². The summed E-state index contributed by atoms with van der Waals surface area (Å²) in [6.07, 6.45) is 5.55. The molecule has 1 aromatic rings. The number of halogens is 1. The lowest BCUT2D eigenvalue weighted by molar-refractivity contribution is -0.0777. The molecule has 1 saturated carbocycles. The maximum absolute atomic E-state index is 6.11. The normalized spacial score (nSPS) is 28.5. The van der Waals surface area contributed by atoms with Crippen LogP contribution in [0.15, 0.2) is 5.38 Å². The van der Waals surface area contributed by atoms with Gasteiger partial charge in [-0.25, -0.2) is 4.98 Å². The number of hydrogen-bond acceptors (Lipinski definition) is 3. The molecule has 0 atom stereocenters. The van der Waals surface area contributed by atoms with Gasteiger partial charge in [-0.1, -0.05) is 6.92 Å². The lowest BCUT2D eigenvalue weighted by Crippen LogP contribution is -2.34. The minimum absolute atomic E-state index is 0.115. The summed E-state index contributed by atoms with van der Waals surface area (Å²) in [5.74, 6) is 1.46. The molecule has 0 unspecified atom stereocenters. The Balaban J connectivity index is 2.17. The van der Waals surface area contributed by atoms with Gasteiger partial charge in [0.05, 0.1) is 5.69 Å². The second kappa shape index (κ2) is 6.36. The number of nitrogens with zero attached hydrogens (tertiary/aromatic N) is 1. The molecular formula is C14H22ClNOS. The summed E-state index contributed by atoms with van der Waals surface area (Å²) < 4.78 is 6.11. The van der Waals surface area contributed by atoms with Crippen LogP contribution < -0.4 is 0 Å². The van der Waals surface area contributed by atoms with E-state index in [1.54, 1.807) is 11.3 Å². The summed E-state index contributed by atoms with van der Waals surface area (Å²) >= 11 is 7.52. The molecule has 1 heterocycles. The van der Waals surface area contributed by atoms with Gasteiger partial charge >= 0.3 is 0 Å². The number of thiazole rings is 1. The third kappa shape index (κ3) is 3.06. The fourth-order valence-corrected chi connectivity index (χ4v) is 3.91. The first-order chi connectivity index (χ1) is 8.70. The van der Waals surface area contributed by atoms with E-state index >= 15 is 0 Å². The Bertz CT molecular complexity index is 372. The van der Waals surface area contributed by atoms with Crippen molar-refractivity contribution < 1.29 is 4.74 Å². The summed E-state index contributed by atoms with van der Waals surface area (Å²) in [5.41, 5.74) is 0.999. The Labute approximate surface area is 119 Å². The molecule has 0 aromatic carbocycles. The zero-order chi connectivity index (χ0) is 13.0. The zero-order valence-electron chi connectivity index (χ0n) is 11.2. The molecule has 0 spiro atoms. The highest BCUT2D eigenvalue weighted by Gasteiger charge is 2.39. The lowest BCUT2D eigenvalue weighted by Gasteiger charge is -2.37. The van der Waals surface area contributed by atoms with Crippen LogP contribution in [0.4, 0.5) is 0 Å². The minimum Gasteiger partial charge on any atom is -0.368 e. The van der Waals surface area contributed by atoms with E-state index in [1.807, 2.05) is 0 Å². The topological polar surface area (TPSA) is 22.1 Å². The number of hydrogen-bond donors (Lipinski definition) is 0. The molecule has 1 aromatic heterocycles. The average Bonchev–Trinajstić information content (AvgIpc) is 2.82. The van der Waals surface area contributed by atoms with Crippen LogP contribution in [0.25, 0.3) is 0 Å². The van der Waals surface area contributed by atoms with E-state index in [9.17, 15) is 0 Å². The molecule has 2 nitrogen and oxygen atoms in total. The molecule has 0 amide bonds. The molecule has 1 aliphatic rings. The number of rotatable bonds is 5. The van der Waals surface area contributed by atoms with Gasteiger partial charge in [0.15, 0.2) is 0 Å². The van der Waals surface area contributed by atoms with Crippen LogP contribution in [-0.4, -0.2) is 17.5 Å². The largest absolute Gasteiger partial charge is 0.368 e. The van der Waals surface area contributed by atoms with E-state index in [-0.39, 0.29) is 5.60 Å². The molecular weight excluding hydrogens is 266 g/mol. The predicted molar refractivity (Wildman–Crippen MR) is 77.5 cm³/mol. The summed E-state index contributed by atoms with van der Waals surface area (Å²) in [6.45, 7) is 5.17. The minimum atomic E-state index is -0.115. The first-order valence-corrected chi connectivity index (χ1v) is 8.26. The van der Waals surface area contributed by atoms with Gasteiger partial charge in [-0.3, -0.25) is 0 Å². The van der Waals surface area contributed by atoms with Crippen molar-refractivity contribution in [2.45, 2.75) is 51.6 Å². The smallest absolute Gasteiger partial charge is 0.125 e. The lowest BCUT2D eigenvalue weighted by atomic mass is 9.79. The average molecular weight is 288 g/mol. The zero-order valence-corrected chi connectivity index (χ0v) is 12.8. The van der Waals surface area contributed by atoms with E-state index in [1.165, 1.54) is 12.8 Å². The molecule has 0 bridgehead atoms. The van der Waals surface area contributed by atoms with E-state index < -0.39 is 0 Å². The molecule has 18 heavy (non-hydrogen) atoms. The van der Waals surface area contributed by atoms with Crippen LogP contribution in [-0.2, 0) is 16.8 Å². The third-order valence-electron chi connectivity index (χ3n) is 3.79. The van der Waals surface area contributed by atoms with Crippen molar-refractivity contribution in [3.05, 3.63) is 16.1 Å². The van der Waals surface area contributed by atoms with Crippen molar-refractivity contribution in [3.8, 4) is 0 Å². The Hall–Kier alpha value is -0.120. The predicted octanol–water partition coefficient (Wildman–Crippen LogP) is 4.37. The molecule has 2 rings (SSSR count). The van der Waals surface area contributed by atoms with Gasteiger partial charge in [0.2, 0.25) is 0 Å². The van der Waals surface area contributed by atoms with Gasteiger partial charge in [-0.05, 0) is 38.5 Å². The molecule has 4 heteroatoms. The number of aromatic nitrogens is 1. The van der Waals surface area contributed by atoms with Crippen LogP contribution in [0.5, 0.6) is 0 Å². The van der Waals surface area contributed by atoms with Crippen molar-refractivity contribution in [2.75, 3.05) is 12.5 Å². The highest BCUT2D eigenvalue weighted by molar-refractivity contribution is 7.09. The molecule has 0 radical (unpaired) electrons. The SMILES string of the molecule is CCOC1(c2nc(CCCl)cs2)CCC(C)CC1. The second-order valence-corrected chi connectivity index (χ2v) is 6.43. The first kappa shape index (κ1) is 14.3. The first-order valence-electron chi connectivity index (χ1n) is 6.85. The monoisotopic (exact) mass is 287 g/mol. The summed E-state index contributed by atoms with van der Waals surface area (Å²) in [4.78, 5) is 4.75. The van der Waals surface area contributed by atoms with Crippen LogP contribution in [0.2, 0.25) is 0 Å². The molecule has 1 aliphatic carbocycles. The maximum atomic E-state index is 6.11. The highest BCUT2D eigenvalue weighted by Crippen LogP contribution is 2.43. The van der Waals surface area contributed by atoms with Gasteiger partial charge in [0.25, 0.3) is 0 Å². The van der Waals surface area contributed by atoms with Crippen LogP contribution in [0.1, 0.15) is 50.2 Å². The number of aryl methyl sites for hydroxylation is 1. The van der Waals surface area contributed by atoms with E-state index in [0.29, 0.717) is 5.88 Å². The molecule has 1 fully saturated rings. The maximum Gasteiger partial charge on any atom is 0.125 e. The number of ether oxygens (including phenoxy) is 1. The Morgan fingerprint density at radius 1 is 1.50 bits per heavy atom. The Morgan fingerprint density at radius 3 is 2.83 bits per heavy atom. The number of alkyl halides is 1. The highest BCUT2D eigenvalue weighted by atomic mass is 35.5. The van der Waals surface area contributed by atoms with Crippen LogP contribution >= 0.6 is 22.9 Å². The van der Waals surface area contributed by atoms with Gasteiger partial charge in [0.1, 0.15) is 10.6 Å². The fourth-order valence-electron chi connectivity index (χ4n) is 2.65. The third-order valence-corrected chi connectivity index (χ3v) is 5.06. The molecule has 0 aliphatic heterocycles. The molecule has 0 N–H and O–H groups in total. The van der Waals surface area contributed by atoms with Gasteiger partial charge < -0.3 is 4.74 Å². The van der Waals surface area contributed by atoms with Crippen molar-refractivity contribution in [1.29, 1.82) is 0 Å². The van der Waals surface area contributed by atoms with Crippen LogP contribution in [0.3, 0.4) is 0 Å². The summed E-state index contributed by atoms with van der Waals surface area (Å²) in [5, 5.41) is 3.30. The molecule has 0 saturated heterocycles. The Kier molecular flexibility index (Phi) is 5.05. The second-order valence-electron chi connectivity index (χ2n) is 5.19. The van der Waals surface area contributed by atoms with Crippen LogP contribution in [0, 0.1) is 5.92 Å². The van der Waals surface area contributed by atoms with E-state index in [0.717, 1.165) is 42.5 Å². The van der Waals surface area contributed by atoms with Gasteiger partial charge in [-0.15, -0.1) is 22.9 Å². The van der Waals surface area contributed by atoms with Crippen molar-refractivity contribution >= 4 is 22.9 Å². The van der Waals surface area contributed by atoms with Gasteiger partial charge in [-0.2, -0.15) is 0 Å². The summed E-state index contributed by atoms with van der Waals surface area (Å²) in [7, 11) is 0.